The van der Waals surface area contributed by atoms with Crippen LogP contribution in [-0.4, -0.2) is 47.2 Å². The molecule has 7 nitrogen and oxygen atoms in total. The number of hydrogen-bond donors (Lipinski definition) is 1. The number of ether oxygens (including phenoxy) is 1. The third kappa shape index (κ3) is 3.35. The van der Waals surface area contributed by atoms with E-state index in [1.807, 2.05) is 12.1 Å². The Morgan fingerprint density at radius 3 is 2.46 bits per heavy atom. The van der Waals surface area contributed by atoms with Crippen molar-refractivity contribution in [3.8, 4) is 0 Å². The Labute approximate surface area is 140 Å². The van der Waals surface area contributed by atoms with Gasteiger partial charge in [0.15, 0.2) is 0 Å². The number of anilines is 2. The number of carbonyl (C=O) groups is 1. The second-order valence-corrected chi connectivity index (χ2v) is 6.06. The van der Waals surface area contributed by atoms with Crippen molar-refractivity contribution in [3.63, 3.8) is 0 Å². The average molecular weight is 325 g/mol. The van der Waals surface area contributed by atoms with Gasteiger partial charge >= 0.3 is 0 Å². The molecule has 1 aliphatic carbocycles. The zero-order valence-corrected chi connectivity index (χ0v) is 13.3. The number of pyridine rings is 1. The van der Waals surface area contributed by atoms with Gasteiger partial charge in [0.2, 0.25) is 0 Å². The summed E-state index contributed by atoms with van der Waals surface area (Å²) in [5.41, 5.74) is 1.48. The molecule has 1 N–H and O–H groups in total. The standard InChI is InChI=1S/C17H19N5O2/c23-17(13-9-19-16(20-10-13)12-1-2-12)21-15-4-3-14(11-18-15)22-5-7-24-8-6-22/h3-4,9-12H,1-2,5-8H2,(H,18,21,23). The molecule has 2 aliphatic rings. The second kappa shape index (κ2) is 6.52. The highest BCUT2D eigenvalue weighted by atomic mass is 16.5. The van der Waals surface area contributed by atoms with Crippen LogP contribution in [0, 0.1) is 0 Å². The molecule has 1 saturated carbocycles. The SMILES string of the molecule is O=C(Nc1ccc(N2CCOCC2)cn1)c1cnc(C2CC2)nc1. The summed E-state index contributed by atoms with van der Waals surface area (Å²) < 4.78 is 5.34. The third-order valence-corrected chi connectivity index (χ3v) is 4.24. The molecule has 1 saturated heterocycles. The largest absolute Gasteiger partial charge is 0.378 e. The molecule has 4 rings (SSSR count). The summed E-state index contributed by atoms with van der Waals surface area (Å²) >= 11 is 0. The summed E-state index contributed by atoms with van der Waals surface area (Å²) in [5.74, 6) is 1.59. The predicted octanol–water partition coefficient (Wildman–Crippen LogP) is 1.84. The predicted molar refractivity (Wildman–Crippen MR) is 89.2 cm³/mol. The van der Waals surface area contributed by atoms with E-state index in [-0.39, 0.29) is 5.91 Å². The Morgan fingerprint density at radius 1 is 1.08 bits per heavy atom. The highest BCUT2D eigenvalue weighted by Gasteiger charge is 2.26. The lowest BCUT2D eigenvalue weighted by Crippen LogP contribution is -2.36. The van der Waals surface area contributed by atoms with Crippen LogP contribution in [0.3, 0.4) is 0 Å². The number of morpholine rings is 1. The molecule has 0 atom stereocenters. The van der Waals surface area contributed by atoms with E-state index in [0.717, 1.165) is 50.7 Å². The summed E-state index contributed by atoms with van der Waals surface area (Å²) in [6.07, 6.45) is 7.22. The fourth-order valence-electron chi connectivity index (χ4n) is 2.66. The minimum atomic E-state index is -0.246. The first-order valence-electron chi connectivity index (χ1n) is 8.21. The maximum atomic E-state index is 12.2. The molecule has 3 heterocycles. The van der Waals surface area contributed by atoms with Gasteiger partial charge in [0.25, 0.3) is 5.91 Å². The molecule has 0 radical (unpaired) electrons. The average Bonchev–Trinajstić information content (AvgIpc) is 3.48. The van der Waals surface area contributed by atoms with Crippen molar-refractivity contribution in [3.05, 3.63) is 42.1 Å². The van der Waals surface area contributed by atoms with Crippen LogP contribution in [0.15, 0.2) is 30.7 Å². The van der Waals surface area contributed by atoms with Crippen LogP contribution in [0.25, 0.3) is 0 Å². The molecule has 0 bridgehead atoms. The third-order valence-electron chi connectivity index (χ3n) is 4.24. The van der Waals surface area contributed by atoms with Crippen LogP contribution >= 0.6 is 0 Å². The van der Waals surface area contributed by atoms with E-state index in [4.69, 9.17) is 4.74 Å². The number of hydrogen-bond acceptors (Lipinski definition) is 6. The molecule has 1 aliphatic heterocycles. The Balaban J connectivity index is 1.39. The van der Waals surface area contributed by atoms with Crippen LogP contribution in [-0.2, 0) is 4.74 Å². The number of nitrogens with one attached hydrogen (secondary N) is 1. The van der Waals surface area contributed by atoms with Gasteiger partial charge in [0, 0.05) is 31.4 Å². The van der Waals surface area contributed by atoms with E-state index in [2.05, 4.69) is 25.2 Å². The fourth-order valence-corrected chi connectivity index (χ4v) is 2.66. The maximum Gasteiger partial charge on any atom is 0.259 e. The summed E-state index contributed by atoms with van der Waals surface area (Å²) in [6, 6.07) is 3.77. The second-order valence-electron chi connectivity index (χ2n) is 6.06. The van der Waals surface area contributed by atoms with Crippen molar-refractivity contribution in [2.45, 2.75) is 18.8 Å². The van der Waals surface area contributed by atoms with Crippen molar-refractivity contribution in [2.75, 3.05) is 36.5 Å². The van der Waals surface area contributed by atoms with Gasteiger partial charge in [-0.15, -0.1) is 0 Å². The first-order valence-corrected chi connectivity index (χ1v) is 8.21. The Hall–Kier alpha value is -2.54. The van der Waals surface area contributed by atoms with Gasteiger partial charge in [0.1, 0.15) is 11.6 Å². The molecule has 0 spiro atoms. The van der Waals surface area contributed by atoms with Crippen molar-refractivity contribution >= 4 is 17.4 Å². The smallest absolute Gasteiger partial charge is 0.259 e. The van der Waals surface area contributed by atoms with E-state index < -0.39 is 0 Å². The summed E-state index contributed by atoms with van der Waals surface area (Å²) in [5, 5.41) is 2.78. The van der Waals surface area contributed by atoms with Gasteiger partial charge in [-0.2, -0.15) is 0 Å². The Bertz CT molecular complexity index is 707. The zero-order chi connectivity index (χ0) is 16.4. The minimum Gasteiger partial charge on any atom is -0.378 e. The van der Waals surface area contributed by atoms with Crippen LogP contribution in [0.2, 0.25) is 0 Å². The normalized spacial score (nSPS) is 17.6. The Kier molecular flexibility index (Phi) is 4.08. The lowest BCUT2D eigenvalue weighted by Gasteiger charge is -2.28. The van der Waals surface area contributed by atoms with Crippen molar-refractivity contribution in [1.29, 1.82) is 0 Å². The van der Waals surface area contributed by atoms with Crippen LogP contribution in [0.5, 0.6) is 0 Å². The molecule has 7 heteroatoms. The van der Waals surface area contributed by atoms with E-state index >= 15 is 0 Å². The molecule has 0 aromatic carbocycles. The van der Waals surface area contributed by atoms with Gasteiger partial charge in [-0.25, -0.2) is 15.0 Å². The molecule has 24 heavy (non-hydrogen) atoms. The molecule has 2 aromatic rings. The number of rotatable bonds is 4. The molecular formula is C17H19N5O2. The summed E-state index contributed by atoms with van der Waals surface area (Å²) in [4.78, 5) is 27.3. The molecular weight excluding hydrogens is 306 g/mol. The topological polar surface area (TPSA) is 80.2 Å². The highest BCUT2D eigenvalue weighted by molar-refractivity contribution is 6.03. The van der Waals surface area contributed by atoms with Crippen molar-refractivity contribution in [2.24, 2.45) is 0 Å². The van der Waals surface area contributed by atoms with E-state index in [0.29, 0.717) is 17.3 Å². The summed E-state index contributed by atoms with van der Waals surface area (Å²) in [6.45, 7) is 3.18. The van der Waals surface area contributed by atoms with Gasteiger partial charge in [0.05, 0.1) is 30.7 Å². The first kappa shape index (κ1) is 15.0. The van der Waals surface area contributed by atoms with E-state index in [1.165, 1.54) is 0 Å². The number of nitrogens with zero attached hydrogens (tertiary/aromatic N) is 4. The molecule has 2 fully saturated rings. The minimum absolute atomic E-state index is 0.246. The molecule has 124 valence electrons. The van der Waals surface area contributed by atoms with Crippen LogP contribution < -0.4 is 10.2 Å². The van der Waals surface area contributed by atoms with E-state index in [1.54, 1.807) is 18.6 Å². The number of aromatic nitrogens is 3. The lowest BCUT2D eigenvalue weighted by molar-refractivity contribution is 0.102. The molecule has 1 amide bonds. The van der Waals surface area contributed by atoms with Gasteiger partial charge in [-0.05, 0) is 25.0 Å². The van der Waals surface area contributed by atoms with Gasteiger partial charge < -0.3 is 15.0 Å². The monoisotopic (exact) mass is 325 g/mol. The quantitative estimate of drug-likeness (QED) is 0.924. The van der Waals surface area contributed by atoms with Gasteiger partial charge in [-0.1, -0.05) is 0 Å². The maximum absolute atomic E-state index is 12.2. The Morgan fingerprint density at radius 2 is 1.83 bits per heavy atom. The lowest BCUT2D eigenvalue weighted by atomic mass is 10.3. The molecule has 0 unspecified atom stereocenters. The number of amides is 1. The van der Waals surface area contributed by atoms with Crippen molar-refractivity contribution in [1.82, 2.24) is 15.0 Å². The van der Waals surface area contributed by atoms with Crippen molar-refractivity contribution < 1.29 is 9.53 Å². The fraction of sp³-hybridized carbons (Fsp3) is 0.412. The van der Waals surface area contributed by atoms with E-state index in [9.17, 15) is 4.79 Å². The summed E-state index contributed by atoms with van der Waals surface area (Å²) in [7, 11) is 0. The number of carbonyl (C=O) groups excluding carboxylic acids is 1. The van der Waals surface area contributed by atoms with Gasteiger partial charge in [-0.3, -0.25) is 4.79 Å². The highest BCUT2D eigenvalue weighted by Crippen LogP contribution is 2.37. The zero-order valence-electron chi connectivity index (χ0n) is 13.3. The molecule has 2 aromatic heterocycles. The van der Waals surface area contributed by atoms with Crippen LogP contribution in [0.1, 0.15) is 34.9 Å². The first-order chi connectivity index (χ1) is 11.8. The van der Waals surface area contributed by atoms with Crippen LogP contribution in [0.4, 0.5) is 11.5 Å².